The molecule has 0 saturated heterocycles. The van der Waals surface area contributed by atoms with Crippen molar-refractivity contribution in [2.45, 2.75) is 26.3 Å². The van der Waals surface area contributed by atoms with Crippen LogP contribution in [-0.2, 0) is 13.9 Å². The molecule has 0 unspecified atom stereocenters. The highest BCUT2D eigenvalue weighted by atomic mass is 28.2. The largest absolute Gasteiger partial charge is 0.415 e. The molecule has 0 fully saturated rings. The van der Waals surface area contributed by atoms with Crippen molar-refractivity contribution < 1.29 is 13.9 Å². The summed E-state index contributed by atoms with van der Waals surface area (Å²) >= 11 is 0. The maximum atomic E-state index is 5.28. The van der Waals surface area contributed by atoms with Gasteiger partial charge in [-0.15, -0.1) is 0 Å². The van der Waals surface area contributed by atoms with Gasteiger partial charge in [0.1, 0.15) is 0 Å². The lowest BCUT2D eigenvalue weighted by atomic mass is 10.5. The van der Waals surface area contributed by atoms with E-state index in [9.17, 15) is 0 Å². The molecule has 0 spiro atoms. The topological polar surface area (TPSA) is 27.7 Å². The molecule has 2 radical (unpaired) electrons. The van der Waals surface area contributed by atoms with Gasteiger partial charge in [-0.1, -0.05) is 13.8 Å². The highest BCUT2D eigenvalue weighted by molar-refractivity contribution is 6.26. The fraction of sp³-hybridized carbons (Fsp3) is 1.00. The third-order valence-corrected chi connectivity index (χ3v) is 1.99. The van der Waals surface area contributed by atoms with Crippen LogP contribution in [-0.4, -0.2) is 42.8 Å². The summed E-state index contributed by atoms with van der Waals surface area (Å²) in [4.78, 5) is 0. The zero-order valence-electron chi connectivity index (χ0n) is 8.67. The third kappa shape index (κ3) is 12.1. The van der Waals surface area contributed by atoms with E-state index in [-0.39, 0.29) is 0 Å². The molecule has 0 bridgehead atoms. The number of rotatable bonds is 10. The lowest BCUT2D eigenvalue weighted by molar-refractivity contribution is 0.0369. The molecular formula is C9H20O3Si. The number of ether oxygens (including phenoxy) is 2. The van der Waals surface area contributed by atoms with Gasteiger partial charge in [0.05, 0.1) is 26.4 Å². The minimum absolute atomic E-state index is 0.616. The fourth-order valence-corrected chi connectivity index (χ4v) is 1.17. The van der Waals surface area contributed by atoms with Crippen LogP contribution in [0.2, 0.25) is 6.04 Å². The second kappa shape index (κ2) is 12.1. The van der Waals surface area contributed by atoms with Crippen LogP contribution in [0.5, 0.6) is 0 Å². The molecule has 0 aromatic carbocycles. The van der Waals surface area contributed by atoms with Crippen LogP contribution in [0.15, 0.2) is 0 Å². The first kappa shape index (κ1) is 13.1. The summed E-state index contributed by atoms with van der Waals surface area (Å²) in [7, 11) is 0.616. The Morgan fingerprint density at radius 3 is 2.08 bits per heavy atom. The molecule has 78 valence electrons. The predicted octanol–water partition coefficient (Wildman–Crippen LogP) is 1.50. The van der Waals surface area contributed by atoms with Crippen LogP contribution >= 0.6 is 0 Å². The average molecular weight is 204 g/mol. The van der Waals surface area contributed by atoms with E-state index in [0.29, 0.717) is 36.2 Å². The molecule has 13 heavy (non-hydrogen) atoms. The van der Waals surface area contributed by atoms with Gasteiger partial charge in [-0.2, -0.15) is 0 Å². The Balaban J connectivity index is 2.76. The van der Waals surface area contributed by atoms with Gasteiger partial charge in [-0.25, -0.2) is 0 Å². The SMILES string of the molecule is CCCOCCOCCO[Si]CC. The molecule has 0 atom stereocenters. The summed E-state index contributed by atoms with van der Waals surface area (Å²) < 4.78 is 15.8. The quantitative estimate of drug-likeness (QED) is 0.399. The van der Waals surface area contributed by atoms with Crippen LogP contribution < -0.4 is 0 Å². The van der Waals surface area contributed by atoms with Gasteiger partial charge in [0.25, 0.3) is 0 Å². The predicted molar refractivity (Wildman–Crippen MR) is 54.1 cm³/mol. The standard InChI is InChI=1S/C9H20O3Si/c1-3-5-10-6-7-11-8-9-12-13-4-2/h3-9H2,1-2H3. The summed E-state index contributed by atoms with van der Waals surface area (Å²) in [5.74, 6) is 0. The monoisotopic (exact) mass is 204 g/mol. The Morgan fingerprint density at radius 2 is 1.46 bits per heavy atom. The molecule has 0 aliphatic heterocycles. The van der Waals surface area contributed by atoms with Gasteiger partial charge >= 0.3 is 0 Å². The summed E-state index contributed by atoms with van der Waals surface area (Å²) in [6.45, 7) is 7.81. The first-order chi connectivity index (χ1) is 6.41. The lowest BCUT2D eigenvalue weighted by Crippen LogP contribution is -2.10. The summed E-state index contributed by atoms with van der Waals surface area (Å²) in [5, 5.41) is 0. The van der Waals surface area contributed by atoms with E-state index < -0.39 is 0 Å². The van der Waals surface area contributed by atoms with Crippen molar-refractivity contribution in [3.05, 3.63) is 0 Å². The van der Waals surface area contributed by atoms with E-state index in [1.807, 2.05) is 0 Å². The smallest absolute Gasteiger partial charge is 0.229 e. The molecule has 0 aromatic rings. The highest BCUT2D eigenvalue weighted by Gasteiger charge is 1.90. The minimum atomic E-state index is 0.616. The molecule has 0 heterocycles. The molecule has 0 aliphatic rings. The highest BCUT2D eigenvalue weighted by Crippen LogP contribution is 1.83. The molecule has 0 aromatic heterocycles. The van der Waals surface area contributed by atoms with Gasteiger partial charge in [0, 0.05) is 6.61 Å². The molecule has 0 amide bonds. The van der Waals surface area contributed by atoms with Gasteiger partial charge in [-0.05, 0) is 12.5 Å². The van der Waals surface area contributed by atoms with Crippen LogP contribution in [0, 0.1) is 0 Å². The zero-order chi connectivity index (χ0) is 9.78. The Kier molecular flexibility index (Phi) is 12.2. The molecular weight excluding hydrogens is 184 g/mol. The van der Waals surface area contributed by atoms with Crippen LogP contribution in [0.3, 0.4) is 0 Å². The molecule has 4 heteroatoms. The summed E-state index contributed by atoms with van der Waals surface area (Å²) in [5.41, 5.74) is 0. The second-order valence-electron chi connectivity index (χ2n) is 2.57. The number of hydrogen-bond acceptors (Lipinski definition) is 3. The van der Waals surface area contributed by atoms with Crippen molar-refractivity contribution in [1.29, 1.82) is 0 Å². The van der Waals surface area contributed by atoms with Crippen molar-refractivity contribution >= 4 is 9.76 Å². The third-order valence-electron chi connectivity index (χ3n) is 1.30. The van der Waals surface area contributed by atoms with Gasteiger partial charge in [0.15, 0.2) is 0 Å². The van der Waals surface area contributed by atoms with E-state index in [1.165, 1.54) is 0 Å². The first-order valence-corrected chi connectivity index (χ1v) is 6.03. The van der Waals surface area contributed by atoms with Crippen molar-refractivity contribution in [2.75, 3.05) is 33.0 Å². The summed E-state index contributed by atoms with van der Waals surface area (Å²) in [6, 6.07) is 1.10. The Labute approximate surface area is 83.7 Å². The van der Waals surface area contributed by atoms with Gasteiger partial charge < -0.3 is 13.9 Å². The molecule has 0 N–H and O–H groups in total. The van der Waals surface area contributed by atoms with Crippen molar-refractivity contribution in [1.82, 2.24) is 0 Å². The van der Waals surface area contributed by atoms with E-state index in [2.05, 4.69) is 13.8 Å². The van der Waals surface area contributed by atoms with Crippen molar-refractivity contribution in [3.8, 4) is 0 Å². The minimum Gasteiger partial charge on any atom is -0.415 e. The zero-order valence-corrected chi connectivity index (χ0v) is 9.67. The Morgan fingerprint density at radius 1 is 0.846 bits per heavy atom. The molecule has 0 saturated carbocycles. The van der Waals surface area contributed by atoms with Crippen LogP contribution in [0.1, 0.15) is 20.3 Å². The maximum absolute atomic E-state index is 5.28. The van der Waals surface area contributed by atoms with E-state index >= 15 is 0 Å². The van der Waals surface area contributed by atoms with Gasteiger partial charge in [-0.3, -0.25) is 0 Å². The molecule has 0 aliphatic carbocycles. The van der Waals surface area contributed by atoms with Crippen molar-refractivity contribution in [3.63, 3.8) is 0 Å². The van der Waals surface area contributed by atoms with Crippen molar-refractivity contribution in [2.24, 2.45) is 0 Å². The summed E-state index contributed by atoms with van der Waals surface area (Å²) in [6.07, 6.45) is 1.07. The second-order valence-corrected chi connectivity index (χ2v) is 3.86. The van der Waals surface area contributed by atoms with E-state index in [1.54, 1.807) is 0 Å². The average Bonchev–Trinajstić information content (AvgIpc) is 2.16. The fourth-order valence-electron chi connectivity index (χ4n) is 0.741. The lowest BCUT2D eigenvalue weighted by Gasteiger charge is -2.04. The molecule has 0 rings (SSSR count). The first-order valence-electron chi connectivity index (χ1n) is 4.92. The van der Waals surface area contributed by atoms with Crippen LogP contribution in [0.4, 0.5) is 0 Å². The van der Waals surface area contributed by atoms with E-state index in [0.717, 1.165) is 19.1 Å². The maximum Gasteiger partial charge on any atom is 0.229 e. The Bertz CT molecular complexity index is 80.9. The molecule has 3 nitrogen and oxygen atoms in total. The Hall–Kier alpha value is 0.0969. The van der Waals surface area contributed by atoms with Gasteiger partial charge in [0.2, 0.25) is 9.76 Å². The van der Waals surface area contributed by atoms with E-state index in [4.69, 9.17) is 13.9 Å². The number of hydrogen-bond donors (Lipinski definition) is 0. The normalized spacial score (nSPS) is 10.6. The van der Waals surface area contributed by atoms with Crippen LogP contribution in [0.25, 0.3) is 0 Å².